The molecule has 0 aromatic heterocycles. The second-order valence-corrected chi connectivity index (χ2v) is 6.11. The lowest BCUT2D eigenvalue weighted by Crippen LogP contribution is -2.32. The maximum Gasteiger partial charge on any atom is 0.224 e. The van der Waals surface area contributed by atoms with Crippen LogP contribution in [0, 0.1) is 11.3 Å². The van der Waals surface area contributed by atoms with E-state index in [4.69, 9.17) is 5.73 Å². The van der Waals surface area contributed by atoms with Gasteiger partial charge in [0.2, 0.25) is 5.91 Å². The highest BCUT2D eigenvalue weighted by Crippen LogP contribution is 2.60. The summed E-state index contributed by atoms with van der Waals surface area (Å²) in [6.07, 6.45) is 5.84. The first-order valence-electron chi connectivity index (χ1n) is 7.26. The minimum atomic E-state index is 0.146. The number of carbonyl (C=O) groups is 1. The molecule has 0 unspecified atom stereocenters. The highest BCUT2D eigenvalue weighted by atomic mass is 16.1. The fourth-order valence-electron chi connectivity index (χ4n) is 2.90. The van der Waals surface area contributed by atoms with Gasteiger partial charge in [-0.15, -0.1) is 0 Å². The van der Waals surface area contributed by atoms with Crippen molar-refractivity contribution in [3.8, 4) is 0 Å². The molecule has 19 heavy (non-hydrogen) atoms. The Morgan fingerprint density at radius 1 is 1.21 bits per heavy atom. The Hall–Kier alpha value is -1.35. The molecule has 2 aliphatic rings. The van der Waals surface area contributed by atoms with Crippen LogP contribution in [-0.4, -0.2) is 12.5 Å². The Bertz CT molecular complexity index is 458. The third-order valence-electron chi connectivity index (χ3n) is 4.60. The monoisotopic (exact) mass is 258 g/mol. The van der Waals surface area contributed by atoms with E-state index in [9.17, 15) is 4.79 Å². The molecule has 3 nitrogen and oxygen atoms in total. The van der Waals surface area contributed by atoms with E-state index in [1.165, 1.54) is 25.7 Å². The lowest BCUT2D eigenvalue weighted by Gasteiger charge is -2.15. The second-order valence-electron chi connectivity index (χ2n) is 6.11. The standard InChI is InChI=1S/C16H22N2O/c17-10-13-3-1-12(2-4-13)9-15(19)18-11-16(7-8-16)14-5-6-14/h1-4,14H,5-11,17H2,(H,18,19). The lowest BCUT2D eigenvalue weighted by atomic mass is 10.0. The molecule has 0 atom stereocenters. The molecule has 102 valence electrons. The van der Waals surface area contributed by atoms with E-state index in [0.717, 1.165) is 23.6 Å². The molecule has 0 saturated heterocycles. The van der Waals surface area contributed by atoms with Gasteiger partial charge in [0.15, 0.2) is 0 Å². The van der Waals surface area contributed by atoms with Crippen LogP contribution >= 0.6 is 0 Å². The summed E-state index contributed by atoms with van der Waals surface area (Å²) in [5.41, 5.74) is 8.21. The molecule has 0 heterocycles. The number of rotatable bonds is 6. The van der Waals surface area contributed by atoms with Gasteiger partial charge in [-0.3, -0.25) is 4.79 Å². The van der Waals surface area contributed by atoms with Crippen molar-refractivity contribution in [3.63, 3.8) is 0 Å². The van der Waals surface area contributed by atoms with Crippen molar-refractivity contribution in [1.29, 1.82) is 0 Å². The molecular weight excluding hydrogens is 236 g/mol. The van der Waals surface area contributed by atoms with Crippen LogP contribution in [0.1, 0.15) is 36.8 Å². The van der Waals surface area contributed by atoms with Gasteiger partial charge in [0, 0.05) is 13.1 Å². The Labute approximate surface area is 114 Å². The predicted molar refractivity (Wildman–Crippen MR) is 75.4 cm³/mol. The highest BCUT2D eigenvalue weighted by molar-refractivity contribution is 5.78. The highest BCUT2D eigenvalue weighted by Gasteiger charge is 2.53. The predicted octanol–water partition coefficient (Wildman–Crippen LogP) is 1.99. The quantitative estimate of drug-likeness (QED) is 0.820. The normalized spacial score (nSPS) is 20.1. The topological polar surface area (TPSA) is 55.1 Å². The number of nitrogens with one attached hydrogen (secondary N) is 1. The van der Waals surface area contributed by atoms with Crippen LogP contribution in [0.5, 0.6) is 0 Å². The van der Waals surface area contributed by atoms with Gasteiger partial charge in [-0.05, 0) is 48.1 Å². The first kappa shape index (κ1) is 12.7. The maximum atomic E-state index is 11.9. The van der Waals surface area contributed by atoms with E-state index in [1.807, 2.05) is 24.3 Å². The molecule has 0 radical (unpaired) electrons. The molecule has 3 heteroatoms. The number of hydrogen-bond donors (Lipinski definition) is 2. The molecule has 0 bridgehead atoms. The van der Waals surface area contributed by atoms with Crippen molar-refractivity contribution in [1.82, 2.24) is 5.32 Å². The summed E-state index contributed by atoms with van der Waals surface area (Å²) in [5.74, 6) is 1.05. The van der Waals surface area contributed by atoms with Crippen LogP contribution in [0.4, 0.5) is 0 Å². The minimum absolute atomic E-state index is 0.146. The Morgan fingerprint density at radius 3 is 2.37 bits per heavy atom. The molecular formula is C16H22N2O. The molecule has 3 N–H and O–H groups in total. The fraction of sp³-hybridized carbons (Fsp3) is 0.562. The molecule has 1 amide bonds. The summed E-state index contributed by atoms with van der Waals surface area (Å²) in [6.45, 7) is 1.44. The first-order valence-corrected chi connectivity index (χ1v) is 7.26. The zero-order valence-corrected chi connectivity index (χ0v) is 11.3. The summed E-state index contributed by atoms with van der Waals surface area (Å²) in [7, 11) is 0. The maximum absolute atomic E-state index is 11.9. The molecule has 0 aliphatic heterocycles. The third kappa shape index (κ3) is 2.98. The van der Waals surface area contributed by atoms with Gasteiger partial charge >= 0.3 is 0 Å². The fourth-order valence-corrected chi connectivity index (χ4v) is 2.90. The van der Waals surface area contributed by atoms with Crippen LogP contribution in [0.2, 0.25) is 0 Å². The SMILES string of the molecule is NCc1ccc(CC(=O)NCC2(C3CC3)CC2)cc1. The minimum Gasteiger partial charge on any atom is -0.355 e. The van der Waals surface area contributed by atoms with Crippen molar-refractivity contribution >= 4 is 5.91 Å². The second kappa shape index (κ2) is 4.97. The number of hydrogen-bond acceptors (Lipinski definition) is 2. The van der Waals surface area contributed by atoms with E-state index >= 15 is 0 Å². The molecule has 1 aromatic carbocycles. The third-order valence-corrected chi connectivity index (χ3v) is 4.60. The van der Waals surface area contributed by atoms with E-state index in [-0.39, 0.29) is 5.91 Å². The van der Waals surface area contributed by atoms with E-state index < -0.39 is 0 Å². The number of nitrogens with two attached hydrogens (primary N) is 1. The largest absolute Gasteiger partial charge is 0.355 e. The Morgan fingerprint density at radius 2 is 1.84 bits per heavy atom. The number of amides is 1. The van der Waals surface area contributed by atoms with E-state index in [2.05, 4.69) is 5.32 Å². The van der Waals surface area contributed by atoms with Gasteiger partial charge in [-0.1, -0.05) is 24.3 Å². The average Bonchev–Trinajstić information content (AvgIpc) is 3.29. The summed E-state index contributed by atoms with van der Waals surface area (Å²) in [4.78, 5) is 11.9. The summed E-state index contributed by atoms with van der Waals surface area (Å²) >= 11 is 0. The first-order chi connectivity index (χ1) is 9.22. The van der Waals surface area contributed by atoms with Crippen molar-refractivity contribution in [3.05, 3.63) is 35.4 Å². The Kier molecular flexibility index (Phi) is 3.31. The molecule has 3 rings (SSSR count). The number of carbonyl (C=O) groups excluding carboxylic acids is 1. The van der Waals surface area contributed by atoms with Gasteiger partial charge in [0.1, 0.15) is 0 Å². The molecule has 2 saturated carbocycles. The van der Waals surface area contributed by atoms with Crippen molar-refractivity contribution < 1.29 is 4.79 Å². The van der Waals surface area contributed by atoms with Gasteiger partial charge in [0.05, 0.1) is 6.42 Å². The summed E-state index contributed by atoms with van der Waals surface area (Å²) in [6, 6.07) is 7.98. The molecule has 2 aliphatic carbocycles. The molecule has 2 fully saturated rings. The smallest absolute Gasteiger partial charge is 0.224 e. The van der Waals surface area contributed by atoms with Gasteiger partial charge in [0.25, 0.3) is 0 Å². The summed E-state index contributed by atoms with van der Waals surface area (Å²) < 4.78 is 0. The van der Waals surface area contributed by atoms with Crippen LogP contribution < -0.4 is 11.1 Å². The van der Waals surface area contributed by atoms with Crippen molar-refractivity contribution in [2.75, 3.05) is 6.54 Å². The zero-order valence-electron chi connectivity index (χ0n) is 11.3. The van der Waals surface area contributed by atoms with Crippen LogP contribution in [0.25, 0.3) is 0 Å². The summed E-state index contributed by atoms with van der Waals surface area (Å²) in [5, 5.41) is 3.12. The van der Waals surface area contributed by atoms with Crippen LogP contribution in [-0.2, 0) is 17.8 Å². The van der Waals surface area contributed by atoms with Gasteiger partial charge in [-0.25, -0.2) is 0 Å². The van der Waals surface area contributed by atoms with Crippen LogP contribution in [0.15, 0.2) is 24.3 Å². The Balaban J connectivity index is 1.47. The lowest BCUT2D eigenvalue weighted by molar-refractivity contribution is -0.120. The van der Waals surface area contributed by atoms with Gasteiger partial charge < -0.3 is 11.1 Å². The number of benzene rings is 1. The van der Waals surface area contributed by atoms with E-state index in [1.54, 1.807) is 0 Å². The molecule has 0 spiro atoms. The van der Waals surface area contributed by atoms with Crippen molar-refractivity contribution in [2.24, 2.45) is 17.1 Å². The van der Waals surface area contributed by atoms with Crippen LogP contribution in [0.3, 0.4) is 0 Å². The van der Waals surface area contributed by atoms with Crippen molar-refractivity contribution in [2.45, 2.75) is 38.6 Å². The van der Waals surface area contributed by atoms with E-state index in [0.29, 0.717) is 18.4 Å². The average molecular weight is 258 g/mol. The zero-order chi connectivity index (χ0) is 13.3. The van der Waals surface area contributed by atoms with Gasteiger partial charge in [-0.2, -0.15) is 0 Å². The molecule has 1 aromatic rings.